The summed E-state index contributed by atoms with van der Waals surface area (Å²) in [7, 11) is 0. The Balaban J connectivity index is 1.27. The Morgan fingerprint density at radius 1 is 1.16 bits per heavy atom. The van der Waals surface area contributed by atoms with Crippen LogP contribution in [0.2, 0.25) is 0 Å². The first-order valence-electron chi connectivity index (χ1n) is 17.0. The Morgan fingerprint density at radius 3 is 2.56 bits per heavy atom. The molecule has 1 saturated heterocycles. The van der Waals surface area contributed by atoms with Crippen molar-refractivity contribution in [2.45, 2.75) is 115 Å². The predicted molar refractivity (Wildman–Crippen MR) is 168 cm³/mol. The Labute approximate surface area is 288 Å². The number of esters is 1. The number of aliphatic hydroxyl groups excluding tert-OH is 1. The van der Waals surface area contributed by atoms with Crippen molar-refractivity contribution >= 4 is 29.4 Å². The quantitative estimate of drug-likeness (QED) is 0.102. The maximum absolute atomic E-state index is 15.8. The number of carbonyl (C=O) groups excluding carboxylic acids is 4. The number of Topliss-reactive ketones (excluding diaryl/α,β-unsaturated/α-hetero) is 1. The van der Waals surface area contributed by atoms with Crippen molar-refractivity contribution < 1.29 is 62.7 Å². The molecule has 0 aromatic carbocycles. The van der Waals surface area contributed by atoms with Crippen LogP contribution >= 0.6 is 0 Å². The van der Waals surface area contributed by atoms with Crippen molar-refractivity contribution in [1.29, 1.82) is 0 Å². The monoisotopic (exact) mass is 708 g/mol. The van der Waals surface area contributed by atoms with Gasteiger partial charge in [0.1, 0.15) is 12.2 Å². The minimum atomic E-state index is -1.68. The van der Waals surface area contributed by atoms with Gasteiger partial charge in [-0.15, -0.1) is 10.1 Å². The fourth-order valence-electron chi connectivity index (χ4n) is 9.58. The number of carboxylic acid groups (broad SMARTS) is 1. The number of allylic oxidation sites excluding steroid dienone is 4. The molecule has 4 unspecified atom stereocenters. The number of carboxylic acids is 1. The van der Waals surface area contributed by atoms with Crippen LogP contribution in [0.25, 0.3) is 0 Å². The number of alkyl halides is 1. The molecule has 1 amide bonds. The first-order valence-corrected chi connectivity index (χ1v) is 17.0. The number of ketones is 2. The zero-order valence-corrected chi connectivity index (χ0v) is 28.6. The van der Waals surface area contributed by atoms with E-state index in [1.165, 1.54) is 12.2 Å². The molecule has 4 fully saturated rings. The average Bonchev–Trinajstić information content (AvgIpc) is 3.43. The number of rotatable bonds is 14. The number of unbranched alkanes of at least 4 members (excludes halogenated alkanes) is 2. The van der Waals surface area contributed by atoms with E-state index in [1.54, 1.807) is 19.9 Å². The molecule has 10 atom stereocenters. The van der Waals surface area contributed by atoms with Gasteiger partial charge in [-0.2, -0.15) is 0 Å². The molecule has 1 heterocycles. The second-order valence-electron chi connectivity index (χ2n) is 15.0. The fraction of sp³-hybridized carbons (Fsp3) is 0.735. The number of amides is 1. The minimum absolute atomic E-state index is 0.0399. The van der Waals surface area contributed by atoms with Crippen LogP contribution in [0.4, 0.5) is 4.39 Å². The second kappa shape index (κ2) is 13.8. The lowest BCUT2D eigenvalue weighted by Gasteiger charge is -2.60. The van der Waals surface area contributed by atoms with Crippen molar-refractivity contribution in [3.63, 3.8) is 0 Å². The van der Waals surface area contributed by atoms with Crippen LogP contribution in [-0.2, 0) is 43.0 Å². The van der Waals surface area contributed by atoms with Crippen LogP contribution in [0.5, 0.6) is 0 Å². The Kier molecular flexibility index (Phi) is 10.3. The third-order valence-corrected chi connectivity index (χ3v) is 11.5. The van der Waals surface area contributed by atoms with Crippen LogP contribution < -0.4 is 5.32 Å². The average molecular weight is 709 g/mol. The number of hydrogen-bond donors (Lipinski definition) is 3. The van der Waals surface area contributed by atoms with Crippen molar-refractivity contribution in [2.24, 2.45) is 28.6 Å². The molecular weight excluding hydrogens is 663 g/mol. The third kappa shape index (κ3) is 6.68. The summed E-state index contributed by atoms with van der Waals surface area (Å²) >= 11 is 0. The SMILES string of the molecule is CC1(C)O[C@@H]2CC3C4C[C@H](F)C5=CC(=O)C=C[C@]5(C)C4[C@@H](O)C[C@]3(C)[C@@]2(C(=O)COC(=O)CC(NC(=O)CCCCCO[N+](=O)[O-])C(=O)O)O1. The van der Waals surface area contributed by atoms with Gasteiger partial charge in [-0.05, 0) is 75.5 Å². The van der Waals surface area contributed by atoms with Crippen LogP contribution in [-0.4, -0.2) is 93.7 Å². The second-order valence-corrected chi connectivity index (χ2v) is 15.0. The summed E-state index contributed by atoms with van der Waals surface area (Å²) in [5, 5.41) is 32.9. The van der Waals surface area contributed by atoms with Gasteiger partial charge in [0.2, 0.25) is 11.7 Å². The van der Waals surface area contributed by atoms with E-state index in [1.807, 2.05) is 13.8 Å². The Bertz CT molecular complexity index is 1500. The van der Waals surface area contributed by atoms with E-state index in [2.05, 4.69) is 10.2 Å². The number of nitrogens with zero attached hydrogens (tertiary/aromatic N) is 1. The van der Waals surface area contributed by atoms with Crippen LogP contribution in [0, 0.1) is 38.7 Å². The van der Waals surface area contributed by atoms with Crippen molar-refractivity contribution in [2.75, 3.05) is 13.2 Å². The standard InChI is InChI=1S/C34H45FN2O13/c1-31(2)49-26-14-20-19-13-22(35)21-12-18(38)9-10-32(21,3)29(19)24(39)16-33(20,4)34(26,50-31)25(40)17-47-28(42)15-23(30(43)44)36-27(41)8-6-5-7-11-48-37(45)46/h9-10,12,19-20,22-24,26,29,39H,5-8,11,13-17H2,1-4H3,(H,36,41)(H,43,44)/t19?,20?,22-,23?,24-,26+,29?,32-,33-,34-/m0/s1. The Hall–Kier alpha value is -3.76. The number of fused-ring (bicyclic) bond motifs is 7. The number of aliphatic carboxylic acids is 1. The number of ether oxygens (including phenoxy) is 3. The van der Waals surface area contributed by atoms with Gasteiger partial charge in [0.15, 0.2) is 23.8 Å². The molecular formula is C34H45FN2O13. The third-order valence-electron chi connectivity index (χ3n) is 11.5. The highest BCUT2D eigenvalue weighted by Gasteiger charge is 2.77. The molecule has 15 nitrogen and oxygen atoms in total. The molecule has 276 valence electrons. The molecule has 1 aliphatic heterocycles. The summed E-state index contributed by atoms with van der Waals surface area (Å²) in [4.78, 5) is 77.8. The van der Waals surface area contributed by atoms with Gasteiger partial charge in [-0.3, -0.25) is 19.2 Å². The molecule has 3 saturated carbocycles. The first-order chi connectivity index (χ1) is 23.3. The number of carbonyl (C=O) groups is 5. The van der Waals surface area contributed by atoms with Crippen molar-refractivity contribution in [3.8, 4) is 0 Å². The maximum atomic E-state index is 15.8. The first kappa shape index (κ1) is 37.5. The highest BCUT2D eigenvalue weighted by atomic mass is 19.1. The Morgan fingerprint density at radius 2 is 1.88 bits per heavy atom. The maximum Gasteiger partial charge on any atom is 0.326 e. The summed E-state index contributed by atoms with van der Waals surface area (Å²) in [5.41, 5.74) is -3.32. The molecule has 0 radical (unpaired) electrons. The van der Waals surface area contributed by atoms with Gasteiger partial charge in [-0.25, -0.2) is 9.18 Å². The van der Waals surface area contributed by atoms with Gasteiger partial charge in [0.25, 0.3) is 5.09 Å². The lowest BCUT2D eigenvalue weighted by atomic mass is 9.46. The van der Waals surface area contributed by atoms with E-state index in [-0.39, 0.29) is 37.6 Å². The summed E-state index contributed by atoms with van der Waals surface area (Å²) in [6.07, 6.45) is 1.76. The van der Waals surface area contributed by atoms with Crippen LogP contribution in [0.3, 0.4) is 0 Å². The summed E-state index contributed by atoms with van der Waals surface area (Å²) in [6.45, 7) is 6.00. The zero-order chi connectivity index (χ0) is 36.8. The number of nitrogens with one attached hydrogen (secondary N) is 1. The topological polar surface area (TPSA) is 218 Å². The molecule has 0 spiro atoms. The van der Waals surface area contributed by atoms with E-state index in [9.17, 15) is 44.3 Å². The van der Waals surface area contributed by atoms with Gasteiger partial charge in [0.05, 0.1) is 25.2 Å². The van der Waals surface area contributed by atoms with Crippen molar-refractivity contribution in [3.05, 3.63) is 33.9 Å². The number of hydrogen-bond acceptors (Lipinski definition) is 12. The fourth-order valence-corrected chi connectivity index (χ4v) is 9.58. The normalized spacial score (nSPS) is 36.9. The van der Waals surface area contributed by atoms with Gasteiger partial charge in [0, 0.05) is 23.2 Å². The van der Waals surface area contributed by atoms with Crippen LogP contribution in [0.15, 0.2) is 23.8 Å². The molecule has 4 aliphatic carbocycles. The molecule has 16 heteroatoms. The molecule has 5 rings (SSSR count). The highest BCUT2D eigenvalue weighted by molar-refractivity contribution is 6.01. The van der Waals surface area contributed by atoms with E-state index in [0.29, 0.717) is 31.3 Å². The number of aliphatic hydroxyl groups is 1. The van der Waals surface area contributed by atoms with E-state index in [4.69, 9.17) is 14.2 Å². The van der Waals surface area contributed by atoms with Crippen LogP contribution in [0.1, 0.15) is 79.1 Å². The summed E-state index contributed by atoms with van der Waals surface area (Å²) in [6, 6.07) is -1.64. The summed E-state index contributed by atoms with van der Waals surface area (Å²) in [5.74, 6) is -6.55. The summed E-state index contributed by atoms with van der Waals surface area (Å²) < 4.78 is 33.8. The number of halogens is 1. The minimum Gasteiger partial charge on any atom is -0.480 e. The van der Waals surface area contributed by atoms with E-state index in [0.717, 1.165) is 0 Å². The molecule has 50 heavy (non-hydrogen) atoms. The lowest BCUT2D eigenvalue weighted by molar-refractivity contribution is -0.757. The highest BCUT2D eigenvalue weighted by Crippen LogP contribution is 2.70. The molecule has 0 aromatic heterocycles. The van der Waals surface area contributed by atoms with Gasteiger partial charge in [-0.1, -0.05) is 26.3 Å². The molecule has 0 aromatic rings. The zero-order valence-electron chi connectivity index (χ0n) is 28.6. The molecule has 3 N–H and O–H groups in total. The largest absolute Gasteiger partial charge is 0.480 e. The van der Waals surface area contributed by atoms with Crippen molar-refractivity contribution in [1.82, 2.24) is 5.32 Å². The van der Waals surface area contributed by atoms with E-state index < -0.39 is 100 Å². The molecule has 5 aliphatic rings. The molecule has 0 bridgehead atoms. The van der Waals surface area contributed by atoms with Gasteiger partial charge >= 0.3 is 11.9 Å². The van der Waals surface area contributed by atoms with E-state index >= 15 is 4.39 Å². The smallest absolute Gasteiger partial charge is 0.326 e. The lowest BCUT2D eigenvalue weighted by Crippen LogP contribution is -2.64. The van der Waals surface area contributed by atoms with Gasteiger partial charge < -0.3 is 34.6 Å². The predicted octanol–water partition coefficient (Wildman–Crippen LogP) is 2.55.